The molecule has 2 saturated heterocycles. The fourth-order valence-corrected chi connectivity index (χ4v) is 4.34. The molecule has 0 aromatic carbocycles. The van der Waals surface area contributed by atoms with E-state index in [-0.39, 0.29) is 0 Å². The molecule has 3 heterocycles. The van der Waals surface area contributed by atoms with E-state index >= 15 is 0 Å². The SMILES string of the molecule is Cc1ccsc1CN1CCC(C2CCCN2)CC1. The van der Waals surface area contributed by atoms with Crippen LogP contribution in [0.15, 0.2) is 11.4 Å². The quantitative estimate of drug-likeness (QED) is 0.903. The zero-order valence-corrected chi connectivity index (χ0v) is 12.1. The maximum Gasteiger partial charge on any atom is 0.0330 e. The van der Waals surface area contributed by atoms with Gasteiger partial charge in [0.2, 0.25) is 0 Å². The minimum atomic E-state index is 0.829. The molecule has 2 nitrogen and oxygen atoms in total. The molecule has 3 rings (SSSR count). The maximum absolute atomic E-state index is 3.68. The molecule has 3 heteroatoms. The van der Waals surface area contributed by atoms with E-state index in [1.165, 1.54) is 57.4 Å². The largest absolute Gasteiger partial charge is 0.314 e. The van der Waals surface area contributed by atoms with Crippen LogP contribution in [0.1, 0.15) is 36.1 Å². The van der Waals surface area contributed by atoms with Crippen LogP contribution in [0.5, 0.6) is 0 Å². The third-order valence-electron chi connectivity index (χ3n) is 4.64. The first kappa shape index (κ1) is 12.6. The summed E-state index contributed by atoms with van der Waals surface area (Å²) >= 11 is 1.92. The summed E-state index contributed by atoms with van der Waals surface area (Å²) < 4.78 is 0. The van der Waals surface area contributed by atoms with Crippen molar-refractivity contribution >= 4 is 11.3 Å². The highest BCUT2D eigenvalue weighted by Gasteiger charge is 2.28. The van der Waals surface area contributed by atoms with E-state index in [0.29, 0.717) is 0 Å². The standard InChI is InChI=1S/C15H24N2S/c1-12-6-10-18-15(12)11-17-8-4-13(5-9-17)14-3-2-7-16-14/h6,10,13-14,16H,2-5,7-9,11H2,1H3. The average molecular weight is 264 g/mol. The van der Waals surface area contributed by atoms with Crippen LogP contribution in [-0.2, 0) is 6.54 Å². The summed E-state index contributed by atoms with van der Waals surface area (Å²) in [5.41, 5.74) is 1.47. The Morgan fingerprint density at radius 2 is 2.17 bits per heavy atom. The van der Waals surface area contributed by atoms with Crippen molar-refractivity contribution in [3.8, 4) is 0 Å². The second-order valence-corrected chi connectivity index (χ2v) is 6.84. The molecule has 2 fully saturated rings. The number of piperidine rings is 1. The number of likely N-dealkylation sites (tertiary alicyclic amines) is 1. The highest BCUT2D eigenvalue weighted by molar-refractivity contribution is 7.10. The van der Waals surface area contributed by atoms with E-state index in [1.54, 1.807) is 4.88 Å². The first-order valence-electron chi connectivity index (χ1n) is 7.31. The number of thiophene rings is 1. The number of aryl methyl sites for hydroxylation is 1. The summed E-state index contributed by atoms with van der Waals surface area (Å²) in [4.78, 5) is 4.21. The molecule has 1 aromatic heterocycles. The van der Waals surface area contributed by atoms with Crippen molar-refractivity contribution < 1.29 is 0 Å². The van der Waals surface area contributed by atoms with Crippen molar-refractivity contribution in [2.45, 2.75) is 45.2 Å². The van der Waals surface area contributed by atoms with E-state index in [0.717, 1.165) is 12.0 Å². The molecule has 0 spiro atoms. The van der Waals surface area contributed by atoms with Gasteiger partial charge in [-0.15, -0.1) is 11.3 Å². The number of nitrogens with zero attached hydrogens (tertiary/aromatic N) is 1. The van der Waals surface area contributed by atoms with E-state index in [4.69, 9.17) is 0 Å². The Hall–Kier alpha value is -0.380. The lowest BCUT2D eigenvalue weighted by Gasteiger charge is -2.34. The molecule has 1 atom stereocenters. The van der Waals surface area contributed by atoms with Crippen LogP contribution in [0.4, 0.5) is 0 Å². The zero-order chi connectivity index (χ0) is 12.4. The van der Waals surface area contributed by atoms with Crippen molar-refractivity contribution in [3.63, 3.8) is 0 Å². The van der Waals surface area contributed by atoms with Crippen LogP contribution >= 0.6 is 11.3 Å². The molecular weight excluding hydrogens is 240 g/mol. The molecule has 1 aromatic rings. The molecule has 100 valence electrons. The molecule has 1 N–H and O–H groups in total. The van der Waals surface area contributed by atoms with Crippen LogP contribution in [-0.4, -0.2) is 30.6 Å². The van der Waals surface area contributed by atoms with Crippen molar-refractivity contribution in [1.82, 2.24) is 10.2 Å². The topological polar surface area (TPSA) is 15.3 Å². The Morgan fingerprint density at radius 3 is 2.78 bits per heavy atom. The van der Waals surface area contributed by atoms with Gasteiger partial charge in [0, 0.05) is 17.5 Å². The molecule has 2 aliphatic heterocycles. The third kappa shape index (κ3) is 2.79. The lowest BCUT2D eigenvalue weighted by molar-refractivity contribution is 0.158. The van der Waals surface area contributed by atoms with Gasteiger partial charge in [-0.05, 0) is 75.2 Å². The highest BCUT2D eigenvalue weighted by Crippen LogP contribution is 2.27. The van der Waals surface area contributed by atoms with Crippen molar-refractivity contribution in [2.24, 2.45) is 5.92 Å². The molecule has 0 aliphatic carbocycles. The van der Waals surface area contributed by atoms with Crippen molar-refractivity contribution in [3.05, 3.63) is 21.9 Å². The second kappa shape index (κ2) is 5.72. The van der Waals surface area contributed by atoms with Gasteiger partial charge in [-0.3, -0.25) is 4.90 Å². The van der Waals surface area contributed by atoms with Gasteiger partial charge in [-0.2, -0.15) is 0 Å². The lowest BCUT2D eigenvalue weighted by atomic mass is 9.88. The molecule has 1 unspecified atom stereocenters. The zero-order valence-electron chi connectivity index (χ0n) is 11.3. The van der Waals surface area contributed by atoms with E-state index < -0.39 is 0 Å². The van der Waals surface area contributed by atoms with Crippen LogP contribution < -0.4 is 5.32 Å². The van der Waals surface area contributed by atoms with Crippen molar-refractivity contribution in [1.29, 1.82) is 0 Å². The van der Waals surface area contributed by atoms with Gasteiger partial charge in [0.1, 0.15) is 0 Å². The fourth-order valence-electron chi connectivity index (χ4n) is 3.40. The fraction of sp³-hybridized carbons (Fsp3) is 0.733. The van der Waals surface area contributed by atoms with Gasteiger partial charge in [-0.25, -0.2) is 0 Å². The first-order chi connectivity index (χ1) is 8.83. The van der Waals surface area contributed by atoms with Gasteiger partial charge < -0.3 is 5.32 Å². The average Bonchev–Trinajstić information content (AvgIpc) is 3.03. The lowest BCUT2D eigenvalue weighted by Crippen LogP contribution is -2.40. The molecular formula is C15H24N2S. The van der Waals surface area contributed by atoms with E-state index in [1.807, 2.05) is 11.3 Å². The molecule has 0 bridgehead atoms. The summed E-state index contributed by atoms with van der Waals surface area (Å²) in [6.07, 6.45) is 5.58. The van der Waals surface area contributed by atoms with E-state index in [9.17, 15) is 0 Å². The van der Waals surface area contributed by atoms with Gasteiger partial charge in [0.15, 0.2) is 0 Å². The predicted octanol–water partition coefficient (Wildman–Crippen LogP) is 3.02. The first-order valence-corrected chi connectivity index (χ1v) is 8.19. The van der Waals surface area contributed by atoms with Crippen LogP contribution in [0.2, 0.25) is 0 Å². The Morgan fingerprint density at radius 1 is 1.33 bits per heavy atom. The maximum atomic E-state index is 3.68. The second-order valence-electron chi connectivity index (χ2n) is 5.84. The van der Waals surface area contributed by atoms with Crippen LogP contribution in [0.3, 0.4) is 0 Å². The summed E-state index contributed by atoms with van der Waals surface area (Å²) in [6, 6.07) is 3.07. The number of rotatable bonds is 3. The van der Waals surface area contributed by atoms with Crippen LogP contribution in [0.25, 0.3) is 0 Å². The van der Waals surface area contributed by atoms with Crippen LogP contribution in [0, 0.1) is 12.8 Å². The van der Waals surface area contributed by atoms with Gasteiger partial charge >= 0.3 is 0 Å². The molecule has 18 heavy (non-hydrogen) atoms. The van der Waals surface area contributed by atoms with Gasteiger partial charge in [0.05, 0.1) is 0 Å². The van der Waals surface area contributed by atoms with E-state index in [2.05, 4.69) is 28.6 Å². The minimum absolute atomic E-state index is 0.829. The smallest absolute Gasteiger partial charge is 0.0330 e. The number of hydrogen-bond donors (Lipinski definition) is 1. The highest BCUT2D eigenvalue weighted by atomic mass is 32.1. The van der Waals surface area contributed by atoms with Crippen molar-refractivity contribution in [2.75, 3.05) is 19.6 Å². The summed E-state index contributed by atoms with van der Waals surface area (Å²) in [5, 5.41) is 5.90. The summed E-state index contributed by atoms with van der Waals surface area (Å²) in [6.45, 7) is 7.25. The number of nitrogens with one attached hydrogen (secondary N) is 1. The Bertz CT molecular complexity index is 374. The molecule has 2 aliphatic rings. The minimum Gasteiger partial charge on any atom is -0.314 e. The number of hydrogen-bond acceptors (Lipinski definition) is 3. The Balaban J connectivity index is 1.49. The van der Waals surface area contributed by atoms with Gasteiger partial charge in [-0.1, -0.05) is 0 Å². The summed E-state index contributed by atoms with van der Waals surface area (Å²) in [7, 11) is 0. The molecule has 0 amide bonds. The third-order valence-corrected chi connectivity index (χ3v) is 5.64. The normalized spacial score (nSPS) is 26.8. The summed E-state index contributed by atoms with van der Waals surface area (Å²) in [5.74, 6) is 0.938. The molecule has 0 saturated carbocycles. The molecule has 0 radical (unpaired) electrons. The monoisotopic (exact) mass is 264 g/mol. The Kier molecular flexibility index (Phi) is 4.02. The van der Waals surface area contributed by atoms with Gasteiger partial charge in [0.25, 0.3) is 0 Å². The predicted molar refractivity (Wildman–Crippen MR) is 78.1 cm³/mol. The Labute approximate surface area is 114 Å².